The zero-order valence-corrected chi connectivity index (χ0v) is 16.3. The predicted octanol–water partition coefficient (Wildman–Crippen LogP) is 3.28. The van der Waals surface area contributed by atoms with Gasteiger partial charge in [-0.25, -0.2) is 13.4 Å². The SMILES string of the molecule is COc1ccc(C)cc1Nc1ccc(NS(=O)(=O)c2c(C)n[nH]c2C)cn1. The number of rotatable bonds is 6. The molecule has 3 aromatic rings. The Morgan fingerprint density at radius 2 is 1.89 bits per heavy atom. The minimum atomic E-state index is -3.74. The summed E-state index contributed by atoms with van der Waals surface area (Å²) < 4.78 is 33.0. The van der Waals surface area contributed by atoms with Crippen molar-refractivity contribution in [1.82, 2.24) is 15.2 Å². The van der Waals surface area contributed by atoms with Crippen LogP contribution in [0.2, 0.25) is 0 Å². The molecule has 0 radical (unpaired) electrons. The Balaban J connectivity index is 1.79. The van der Waals surface area contributed by atoms with Crippen molar-refractivity contribution >= 4 is 27.2 Å². The number of ether oxygens (including phenoxy) is 1. The summed E-state index contributed by atoms with van der Waals surface area (Å²) in [6.45, 7) is 5.28. The molecule has 0 aliphatic rings. The molecule has 1 aromatic carbocycles. The van der Waals surface area contributed by atoms with Gasteiger partial charge in [0.25, 0.3) is 10.0 Å². The minimum absolute atomic E-state index is 0.147. The van der Waals surface area contributed by atoms with Crippen molar-refractivity contribution in [3.8, 4) is 5.75 Å². The van der Waals surface area contributed by atoms with Crippen LogP contribution in [0.5, 0.6) is 5.75 Å². The van der Waals surface area contributed by atoms with Crippen molar-refractivity contribution in [2.24, 2.45) is 0 Å². The lowest BCUT2D eigenvalue weighted by molar-refractivity contribution is 0.416. The summed E-state index contributed by atoms with van der Waals surface area (Å²) in [6.07, 6.45) is 1.45. The number of pyridine rings is 1. The molecule has 2 heterocycles. The molecule has 0 fully saturated rings. The fraction of sp³-hybridized carbons (Fsp3) is 0.222. The van der Waals surface area contributed by atoms with E-state index in [9.17, 15) is 8.42 Å². The summed E-state index contributed by atoms with van der Waals surface area (Å²) in [5.41, 5.74) is 3.11. The summed E-state index contributed by atoms with van der Waals surface area (Å²) in [4.78, 5) is 4.42. The number of nitrogens with zero attached hydrogens (tertiary/aromatic N) is 2. The van der Waals surface area contributed by atoms with Gasteiger partial charge in [0.1, 0.15) is 16.5 Å². The van der Waals surface area contributed by atoms with E-state index >= 15 is 0 Å². The number of hydrogen-bond donors (Lipinski definition) is 3. The lowest BCUT2D eigenvalue weighted by Crippen LogP contribution is -2.14. The standard InChI is InChI=1S/C18H21N5O3S/c1-11-5-7-16(26-4)15(9-11)20-17-8-6-14(10-19-17)23-27(24,25)18-12(2)21-22-13(18)3/h5-10,23H,1-4H3,(H,19,20)(H,21,22). The Kier molecular flexibility index (Phi) is 5.04. The van der Waals surface area contributed by atoms with Crippen LogP contribution in [0.1, 0.15) is 17.0 Å². The highest BCUT2D eigenvalue weighted by atomic mass is 32.2. The van der Waals surface area contributed by atoms with Crippen LogP contribution in [-0.2, 0) is 10.0 Å². The molecule has 0 saturated heterocycles. The fourth-order valence-electron chi connectivity index (χ4n) is 2.73. The van der Waals surface area contributed by atoms with Crippen LogP contribution >= 0.6 is 0 Å². The number of nitrogens with one attached hydrogen (secondary N) is 3. The molecular formula is C18H21N5O3S. The van der Waals surface area contributed by atoms with Gasteiger partial charge in [-0.3, -0.25) is 9.82 Å². The quantitative estimate of drug-likeness (QED) is 0.599. The van der Waals surface area contributed by atoms with Crippen molar-refractivity contribution in [2.75, 3.05) is 17.1 Å². The first-order valence-electron chi connectivity index (χ1n) is 8.22. The first kappa shape index (κ1) is 18.7. The Bertz CT molecular complexity index is 1040. The van der Waals surface area contributed by atoms with E-state index in [4.69, 9.17) is 4.74 Å². The molecule has 9 heteroatoms. The average molecular weight is 387 g/mol. The Morgan fingerprint density at radius 3 is 2.48 bits per heavy atom. The molecule has 2 aromatic heterocycles. The van der Waals surface area contributed by atoms with Crippen molar-refractivity contribution in [3.63, 3.8) is 0 Å². The molecule has 0 unspecified atom stereocenters. The zero-order valence-electron chi connectivity index (χ0n) is 15.5. The molecule has 0 bridgehead atoms. The Hall–Kier alpha value is -3.07. The molecule has 0 atom stereocenters. The molecule has 0 aliphatic carbocycles. The van der Waals surface area contributed by atoms with E-state index in [2.05, 4.69) is 25.2 Å². The third kappa shape index (κ3) is 4.03. The highest BCUT2D eigenvalue weighted by Crippen LogP contribution is 2.28. The van der Waals surface area contributed by atoms with E-state index in [-0.39, 0.29) is 4.90 Å². The van der Waals surface area contributed by atoms with Crippen molar-refractivity contribution < 1.29 is 13.2 Å². The lowest BCUT2D eigenvalue weighted by atomic mass is 10.2. The number of benzene rings is 1. The van der Waals surface area contributed by atoms with Crippen LogP contribution in [0, 0.1) is 20.8 Å². The number of aryl methyl sites for hydroxylation is 3. The largest absolute Gasteiger partial charge is 0.495 e. The number of H-pyrrole nitrogens is 1. The zero-order chi connectivity index (χ0) is 19.6. The summed E-state index contributed by atoms with van der Waals surface area (Å²) >= 11 is 0. The van der Waals surface area contributed by atoms with Crippen molar-refractivity contribution in [1.29, 1.82) is 0 Å². The normalized spacial score (nSPS) is 11.3. The van der Waals surface area contributed by atoms with Crippen LogP contribution in [0.3, 0.4) is 0 Å². The number of hydrogen-bond acceptors (Lipinski definition) is 6. The third-order valence-corrected chi connectivity index (χ3v) is 5.61. The van der Waals surface area contributed by atoms with E-state index in [1.807, 2.05) is 25.1 Å². The lowest BCUT2D eigenvalue weighted by Gasteiger charge is -2.12. The summed E-state index contributed by atoms with van der Waals surface area (Å²) in [5, 5.41) is 9.77. The third-order valence-electron chi connectivity index (χ3n) is 3.96. The molecule has 0 spiro atoms. The molecular weight excluding hydrogens is 366 g/mol. The number of anilines is 3. The van der Waals surface area contributed by atoms with Gasteiger partial charge in [-0.1, -0.05) is 6.07 Å². The number of aromatic amines is 1. The van der Waals surface area contributed by atoms with Crippen LogP contribution in [0.15, 0.2) is 41.4 Å². The van der Waals surface area contributed by atoms with E-state index in [0.717, 1.165) is 11.3 Å². The van der Waals surface area contributed by atoms with Gasteiger partial charge in [-0.15, -0.1) is 0 Å². The van der Waals surface area contributed by atoms with Crippen LogP contribution in [-0.4, -0.2) is 30.7 Å². The summed E-state index contributed by atoms with van der Waals surface area (Å²) in [7, 11) is -2.15. The van der Waals surface area contributed by atoms with Gasteiger partial charge in [0, 0.05) is 0 Å². The second kappa shape index (κ2) is 7.28. The Morgan fingerprint density at radius 1 is 1.11 bits per heavy atom. The molecule has 27 heavy (non-hydrogen) atoms. The summed E-state index contributed by atoms with van der Waals surface area (Å²) in [6, 6.07) is 9.10. The molecule has 3 N–H and O–H groups in total. The van der Waals surface area contributed by atoms with Gasteiger partial charge in [0.15, 0.2) is 0 Å². The van der Waals surface area contributed by atoms with E-state index in [1.54, 1.807) is 33.1 Å². The fourth-order valence-corrected chi connectivity index (χ4v) is 4.14. The van der Waals surface area contributed by atoms with Gasteiger partial charge in [-0.05, 0) is 50.6 Å². The predicted molar refractivity (Wildman–Crippen MR) is 104 cm³/mol. The number of sulfonamides is 1. The average Bonchev–Trinajstić information content (AvgIpc) is 2.96. The molecule has 0 aliphatic heterocycles. The second-order valence-electron chi connectivity index (χ2n) is 6.13. The second-order valence-corrected chi connectivity index (χ2v) is 7.75. The van der Waals surface area contributed by atoms with Crippen LogP contribution < -0.4 is 14.8 Å². The maximum absolute atomic E-state index is 12.6. The van der Waals surface area contributed by atoms with E-state index in [1.165, 1.54) is 6.20 Å². The van der Waals surface area contributed by atoms with Crippen LogP contribution in [0.4, 0.5) is 17.2 Å². The monoisotopic (exact) mass is 387 g/mol. The van der Waals surface area contributed by atoms with Gasteiger partial charge in [0.2, 0.25) is 0 Å². The van der Waals surface area contributed by atoms with Gasteiger partial charge < -0.3 is 10.1 Å². The van der Waals surface area contributed by atoms with Crippen molar-refractivity contribution in [3.05, 3.63) is 53.5 Å². The maximum Gasteiger partial charge on any atom is 0.265 e. The first-order chi connectivity index (χ1) is 12.8. The van der Waals surface area contributed by atoms with E-state index < -0.39 is 10.0 Å². The van der Waals surface area contributed by atoms with Crippen LogP contribution in [0.25, 0.3) is 0 Å². The molecule has 0 saturated carbocycles. The Labute approximate surface area is 158 Å². The molecule has 142 valence electrons. The number of aromatic nitrogens is 3. The molecule has 8 nitrogen and oxygen atoms in total. The molecule has 0 amide bonds. The topological polar surface area (TPSA) is 109 Å². The first-order valence-corrected chi connectivity index (χ1v) is 9.70. The minimum Gasteiger partial charge on any atom is -0.495 e. The highest BCUT2D eigenvalue weighted by molar-refractivity contribution is 7.92. The van der Waals surface area contributed by atoms with Gasteiger partial charge in [0.05, 0.1) is 36.1 Å². The summed E-state index contributed by atoms with van der Waals surface area (Å²) in [5.74, 6) is 1.26. The molecule has 3 rings (SSSR count). The smallest absolute Gasteiger partial charge is 0.265 e. The maximum atomic E-state index is 12.6. The highest BCUT2D eigenvalue weighted by Gasteiger charge is 2.22. The van der Waals surface area contributed by atoms with Gasteiger partial charge >= 0.3 is 0 Å². The van der Waals surface area contributed by atoms with Gasteiger partial charge in [-0.2, -0.15) is 5.10 Å². The number of methoxy groups -OCH3 is 1. The van der Waals surface area contributed by atoms with Crippen molar-refractivity contribution in [2.45, 2.75) is 25.7 Å². The van der Waals surface area contributed by atoms with E-state index in [0.29, 0.717) is 28.6 Å².